The van der Waals surface area contributed by atoms with Crippen molar-refractivity contribution in [2.24, 2.45) is 0 Å². The van der Waals surface area contributed by atoms with Crippen molar-refractivity contribution in [3.63, 3.8) is 0 Å². The first-order valence-corrected chi connectivity index (χ1v) is 6.07. The molecule has 0 aliphatic carbocycles. The molecule has 0 fully saturated rings. The predicted octanol–water partition coefficient (Wildman–Crippen LogP) is 1.61. The summed E-state index contributed by atoms with van der Waals surface area (Å²) < 4.78 is 5.11. The van der Waals surface area contributed by atoms with Gasteiger partial charge in [-0.15, -0.1) is 0 Å². The highest BCUT2D eigenvalue weighted by atomic mass is 16.5. The SMILES string of the molecule is COCC(CCO)NC(C)c1ccc(C#N)cc1. The fourth-order valence-corrected chi connectivity index (χ4v) is 1.87. The summed E-state index contributed by atoms with van der Waals surface area (Å²) in [6.07, 6.45) is 0.661. The van der Waals surface area contributed by atoms with Crippen molar-refractivity contribution in [1.82, 2.24) is 5.32 Å². The van der Waals surface area contributed by atoms with Crippen molar-refractivity contribution in [1.29, 1.82) is 5.26 Å². The quantitative estimate of drug-likeness (QED) is 0.769. The normalized spacial score (nSPS) is 13.9. The van der Waals surface area contributed by atoms with E-state index in [0.29, 0.717) is 18.6 Å². The Bertz CT molecular complexity index is 378. The largest absolute Gasteiger partial charge is 0.396 e. The van der Waals surface area contributed by atoms with Gasteiger partial charge in [0.2, 0.25) is 0 Å². The Morgan fingerprint density at radius 2 is 2.06 bits per heavy atom. The van der Waals surface area contributed by atoms with E-state index in [1.54, 1.807) is 7.11 Å². The second-order valence-electron chi connectivity index (χ2n) is 4.29. The van der Waals surface area contributed by atoms with E-state index in [0.717, 1.165) is 5.56 Å². The summed E-state index contributed by atoms with van der Waals surface area (Å²) in [6.45, 7) is 2.77. The standard InChI is InChI=1S/C14H20N2O2/c1-11(16-14(7-8-17)10-18-2)13-5-3-12(9-15)4-6-13/h3-6,11,14,16-17H,7-8,10H2,1-2H3. The van der Waals surface area contributed by atoms with Crippen molar-refractivity contribution < 1.29 is 9.84 Å². The van der Waals surface area contributed by atoms with E-state index < -0.39 is 0 Å². The van der Waals surface area contributed by atoms with Gasteiger partial charge in [0.25, 0.3) is 0 Å². The van der Waals surface area contributed by atoms with E-state index in [1.807, 2.05) is 24.3 Å². The average molecular weight is 248 g/mol. The van der Waals surface area contributed by atoms with Crippen LogP contribution in [0.15, 0.2) is 24.3 Å². The van der Waals surface area contributed by atoms with Gasteiger partial charge in [0.1, 0.15) is 0 Å². The lowest BCUT2D eigenvalue weighted by atomic mass is 10.0. The third-order valence-corrected chi connectivity index (χ3v) is 2.87. The van der Waals surface area contributed by atoms with Gasteiger partial charge in [0.15, 0.2) is 0 Å². The molecule has 0 spiro atoms. The molecular weight excluding hydrogens is 228 g/mol. The molecule has 0 amide bonds. The van der Waals surface area contributed by atoms with Crippen LogP contribution < -0.4 is 5.32 Å². The van der Waals surface area contributed by atoms with Crippen molar-refractivity contribution >= 4 is 0 Å². The van der Waals surface area contributed by atoms with Crippen molar-refractivity contribution in [3.05, 3.63) is 35.4 Å². The predicted molar refractivity (Wildman–Crippen MR) is 70.1 cm³/mol. The highest BCUT2D eigenvalue weighted by Crippen LogP contribution is 2.14. The third kappa shape index (κ3) is 4.46. The molecule has 0 radical (unpaired) electrons. The van der Waals surface area contributed by atoms with Crippen LogP contribution in [0.3, 0.4) is 0 Å². The average Bonchev–Trinajstić information content (AvgIpc) is 2.39. The molecule has 2 atom stereocenters. The van der Waals surface area contributed by atoms with Crippen LogP contribution in [0.25, 0.3) is 0 Å². The first-order chi connectivity index (χ1) is 8.71. The monoisotopic (exact) mass is 248 g/mol. The molecule has 0 saturated heterocycles. The number of nitrogens with zero attached hydrogens (tertiary/aromatic N) is 1. The van der Waals surface area contributed by atoms with Gasteiger partial charge in [-0.1, -0.05) is 12.1 Å². The number of benzene rings is 1. The molecule has 1 aromatic rings. The zero-order valence-electron chi connectivity index (χ0n) is 10.9. The van der Waals surface area contributed by atoms with Crippen LogP contribution in [0.2, 0.25) is 0 Å². The molecule has 1 aromatic carbocycles. The fraction of sp³-hybridized carbons (Fsp3) is 0.500. The Morgan fingerprint density at radius 1 is 1.39 bits per heavy atom. The van der Waals surface area contributed by atoms with Crippen LogP contribution in [-0.4, -0.2) is 31.5 Å². The Kier molecular flexibility index (Phi) is 6.37. The number of aliphatic hydroxyl groups excluding tert-OH is 1. The number of aliphatic hydroxyl groups is 1. The molecule has 4 nitrogen and oxygen atoms in total. The summed E-state index contributed by atoms with van der Waals surface area (Å²) in [7, 11) is 1.65. The first kappa shape index (κ1) is 14.7. The van der Waals surface area contributed by atoms with E-state index in [1.165, 1.54) is 0 Å². The van der Waals surface area contributed by atoms with E-state index in [9.17, 15) is 0 Å². The second kappa shape index (κ2) is 7.83. The van der Waals surface area contributed by atoms with Crippen molar-refractivity contribution in [3.8, 4) is 6.07 Å². The van der Waals surface area contributed by atoms with Crippen LogP contribution >= 0.6 is 0 Å². The molecule has 0 bridgehead atoms. The van der Waals surface area contributed by atoms with Gasteiger partial charge in [-0.05, 0) is 31.0 Å². The summed E-state index contributed by atoms with van der Waals surface area (Å²) in [6, 6.07) is 9.90. The number of hydrogen-bond donors (Lipinski definition) is 2. The molecule has 18 heavy (non-hydrogen) atoms. The molecule has 0 saturated carbocycles. The molecule has 2 N–H and O–H groups in total. The minimum Gasteiger partial charge on any atom is -0.396 e. The van der Waals surface area contributed by atoms with Gasteiger partial charge in [0, 0.05) is 25.8 Å². The van der Waals surface area contributed by atoms with Crippen molar-refractivity contribution in [2.45, 2.75) is 25.4 Å². The van der Waals surface area contributed by atoms with Crippen LogP contribution in [0.4, 0.5) is 0 Å². The lowest BCUT2D eigenvalue weighted by molar-refractivity contribution is 0.143. The molecule has 0 aromatic heterocycles. The number of hydrogen-bond acceptors (Lipinski definition) is 4. The maximum absolute atomic E-state index is 8.98. The maximum Gasteiger partial charge on any atom is 0.0991 e. The molecular formula is C14H20N2O2. The summed E-state index contributed by atoms with van der Waals surface area (Å²) in [5.74, 6) is 0. The minimum atomic E-state index is 0.130. The molecule has 2 unspecified atom stereocenters. The summed E-state index contributed by atoms with van der Waals surface area (Å²) >= 11 is 0. The minimum absolute atomic E-state index is 0.130. The molecule has 4 heteroatoms. The Hall–Kier alpha value is -1.41. The van der Waals surface area contributed by atoms with Crippen LogP contribution in [-0.2, 0) is 4.74 Å². The topological polar surface area (TPSA) is 65.3 Å². The number of rotatable bonds is 7. The number of ether oxygens (including phenoxy) is 1. The molecule has 0 aliphatic heterocycles. The number of nitrogens with one attached hydrogen (secondary N) is 1. The maximum atomic E-state index is 8.98. The van der Waals surface area contributed by atoms with Gasteiger partial charge in [-0.3, -0.25) is 0 Å². The number of methoxy groups -OCH3 is 1. The first-order valence-electron chi connectivity index (χ1n) is 6.07. The van der Waals surface area contributed by atoms with Gasteiger partial charge in [-0.25, -0.2) is 0 Å². The van der Waals surface area contributed by atoms with E-state index in [4.69, 9.17) is 15.1 Å². The van der Waals surface area contributed by atoms with Gasteiger partial charge < -0.3 is 15.2 Å². The van der Waals surface area contributed by atoms with Crippen LogP contribution in [0.5, 0.6) is 0 Å². The molecule has 0 aliphatic rings. The Labute approximate surface area is 108 Å². The van der Waals surface area contributed by atoms with E-state index >= 15 is 0 Å². The summed E-state index contributed by atoms with van der Waals surface area (Å²) in [4.78, 5) is 0. The Morgan fingerprint density at radius 3 is 2.56 bits per heavy atom. The van der Waals surface area contributed by atoms with Gasteiger partial charge in [0.05, 0.1) is 18.2 Å². The van der Waals surface area contributed by atoms with Crippen LogP contribution in [0, 0.1) is 11.3 Å². The second-order valence-corrected chi connectivity index (χ2v) is 4.29. The van der Waals surface area contributed by atoms with E-state index in [2.05, 4.69) is 18.3 Å². The number of nitriles is 1. The fourth-order valence-electron chi connectivity index (χ4n) is 1.87. The zero-order valence-corrected chi connectivity index (χ0v) is 10.9. The Balaban J connectivity index is 2.61. The van der Waals surface area contributed by atoms with Gasteiger partial charge in [-0.2, -0.15) is 5.26 Å². The van der Waals surface area contributed by atoms with Crippen molar-refractivity contribution in [2.75, 3.05) is 20.3 Å². The lowest BCUT2D eigenvalue weighted by Gasteiger charge is -2.22. The van der Waals surface area contributed by atoms with Gasteiger partial charge >= 0.3 is 0 Å². The highest BCUT2D eigenvalue weighted by Gasteiger charge is 2.12. The molecule has 1 rings (SSSR count). The lowest BCUT2D eigenvalue weighted by Crippen LogP contribution is -2.36. The summed E-state index contributed by atoms with van der Waals surface area (Å²) in [5.41, 5.74) is 1.78. The summed E-state index contributed by atoms with van der Waals surface area (Å²) in [5, 5.41) is 21.1. The van der Waals surface area contributed by atoms with Crippen LogP contribution in [0.1, 0.15) is 30.5 Å². The van der Waals surface area contributed by atoms with E-state index in [-0.39, 0.29) is 18.7 Å². The molecule has 0 heterocycles. The smallest absolute Gasteiger partial charge is 0.0991 e. The zero-order chi connectivity index (χ0) is 13.4. The highest BCUT2D eigenvalue weighted by molar-refractivity contribution is 5.32. The molecule has 98 valence electrons. The third-order valence-electron chi connectivity index (χ3n) is 2.87.